The largest absolute Gasteiger partial charge is 0.493 e. The number of hydrogen-bond donors (Lipinski definition) is 2. The van der Waals surface area contributed by atoms with Crippen molar-refractivity contribution in [1.29, 1.82) is 0 Å². The van der Waals surface area contributed by atoms with Crippen molar-refractivity contribution in [2.75, 3.05) is 33.9 Å². The molecule has 30 heavy (non-hydrogen) atoms. The predicted octanol–water partition coefficient (Wildman–Crippen LogP) is 2.50. The van der Waals surface area contributed by atoms with Crippen molar-refractivity contribution in [1.82, 2.24) is 20.4 Å². The Morgan fingerprint density at radius 2 is 2.13 bits per heavy atom. The van der Waals surface area contributed by atoms with Gasteiger partial charge in [-0.15, -0.1) is 24.0 Å². The highest BCUT2D eigenvalue weighted by Crippen LogP contribution is 2.20. The summed E-state index contributed by atoms with van der Waals surface area (Å²) in [6.07, 6.45) is 3.46. The van der Waals surface area contributed by atoms with E-state index in [-0.39, 0.29) is 29.7 Å². The molecule has 1 heterocycles. The molecule has 0 bridgehead atoms. The Hall–Kier alpha value is -2.41. The van der Waals surface area contributed by atoms with Crippen molar-refractivity contribution in [2.45, 2.75) is 26.4 Å². The van der Waals surface area contributed by atoms with Gasteiger partial charge in [0.15, 0.2) is 5.96 Å². The fourth-order valence-electron chi connectivity index (χ4n) is 2.59. The molecule has 0 amide bonds. The minimum atomic E-state index is -0.464. The van der Waals surface area contributed by atoms with E-state index < -0.39 is 4.92 Å². The van der Waals surface area contributed by atoms with E-state index in [1.54, 1.807) is 14.2 Å². The molecule has 0 spiro atoms. The summed E-state index contributed by atoms with van der Waals surface area (Å²) in [7, 11) is 3.36. The monoisotopic (exact) mass is 532 g/mol. The number of aromatic nitrogens is 2. The van der Waals surface area contributed by atoms with Crippen molar-refractivity contribution >= 4 is 35.6 Å². The number of guanidine groups is 1. The molecule has 2 rings (SSSR count). The van der Waals surface area contributed by atoms with Gasteiger partial charge in [-0.05, 0) is 18.6 Å². The quantitative estimate of drug-likeness (QED) is 0.114. The van der Waals surface area contributed by atoms with Crippen LogP contribution >= 0.6 is 24.0 Å². The zero-order valence-corrected chi connectivity index (χ0v) is 19.8. The maximum atomic E-state index is 10.7. The van der Waals surface area contributed by atoms with Crippen LogP contribution < -0.4 is 15.4 Å². The van der Waals surface area contributed by atoms with Gasteiger partial charge in [-0.2, -0.15) is 5.10 Å². The normalized spacial score (nSPS) is 11.0. The van der Waals surface area contributed by atoms with E-state index in [1.807, 2.05) is 25.1 Å². The summed E-state index contributed by atoms with van der Waals surface area (Å²) in [5, 5.41) is 21.1. The van der Waals surface area contributed by atoms with E-state index in [1.165, 1.54) is 17.1 Å². The van der Waals surface area contributed by atoms with Crippen LogP contribution in [0.2, 0.25) is 0 Å². The first-order chi connectivity index (χ1) is 14.0. The standard InChI is InChI=1S/C19H28N6O4.HI/c1-15-5-6-16(18(11-15)29-10-4-9-28-3)12-22-19(20-2)21-7-8-24-14-17(13-23-24)25(26)27;/h5-6,11,13-14H,4,7-10,12H2,1-3H3,(H2,20,21,22);1H. The summed E-state index contributed by atoms with van der Waals surface area (Å²) >= 11 is 0. The lowest BCUT2D eigenvalue weighted by Crippen LogP contribution is -2.38. The van der Waals surface area contributed by atoms with Gasteiger partial charge < -0.3 is 20.1 Å². The number of rotatable bonds is 11. The molecule has 0 atom stereocenters. The lowest BCUT2D eigenvalue weighted by molar-refractivity contribution is -0.385. The fourth-order valence-corrected chi connectivity index (χ4v) is 2.59. The second-order valence-corrected chi connectivity index (χ2v) is 6.38. The second-order valence-electron chi connectivity index (χ2n) is 6.38. The third kappa shape index (κ3) is 8.53. The number of aliphatic imine (C=N–C) groups is 1. The Bertz CT molecular complexity index is 827. The number of methoxy groups -OCH3 is 1. The second kappa shape index (κ2) is 13.7. The highest BCUT2D eigenvalue weighted by atomic mass is 127. The van der Waals surface area contributed by atoms with Crippen LogP contribution in [0, 0.1) is 17.0 Å². The summed E-state index contributed by atoms with van der Waals surface area (Å²) in [4.78, 5) is 14.4. The number of nitro groups is 1. The molecule has 0 fully saturated rings. The Labute approximate surface area is 193 Å². The Morgan fingerprint density at radius 3 is 2.80 bits per heavy atom. The van der Waals surface area contributed by atoms with Crippen LogP contribution in [0.1, 0.15) is 17.5 Å². The molecule has 0 radical (unpaired) electrons. The Balaban J connectivity index is 0.00000450. The number of hydrogen-bond acceptors (Lipinski definition) is 6. The first kappa shape index (κ1) is 25.6. The average Bonchev–Trinajstić information content (AvgIpc) is 3.18. The molecule has 0 aliphatic carbocycles. The van der Waals surface area contributed by atoms with Crippen LogP contribution in [0.3, 0.4) is 0 Å². The minimum Gasteiger partial charge on any atom is -0.493 e. The van der Waals surface area contributed by atoms with Crippen LogP contribution in [-0.4, -0.2) is 54.6 Å². The summed E-state index contributed by atoms with van der Waals surface area (Å²) in [5.41, 5.74) is 2.13. The summed E-state index contributed by atoms with van der Waals surface area (Å²) in [6, 6.07) is 6.09. The van der Waals surface area contributed by atoms with Crippen molar-refractivity contribution in [3.05, 3.63) is 51.8 Å². The van der Waals surface area contributed by atoms with Gasteiger partial charge in [0, 0.05) is 45.8 Å². The number of nitrogens with one attached hydrogen (secondary N) is 2. The Kier molecular flexibility index (Phi) is 11.7. The lowest BCUT2D eigenvalue weighted by Gasteiger charge is -2.15. The maximum absolute atomic E-state index is 10.7. The van der Waals surface area contributed by atoms with Gasteiger partial charge in [0.25, 0.3) is 0 Å². The minimum absolute atomic E-state index is 0. The molecule has 1 aromatic carbocycles. The van der Waals surface area contributed by atoms with E-state index in [0.29, 0.717) is 38.8 Å². The first-order valence-corrected chi connectivity index (χ1v) is 9.36. The Morgan fingerprint density at radius 1 is 1.33 bits per heavy atom. The van der Waals surface area contributed by atoms with Gasteiger partial charge in [0.05, 0.1) is 18.1 Å². The summed E-state index contributed by atoms with van der Waals surface area (Å²) in [5.74, 6) is 1.46. The molecule has 2 aromatic rings. The first-order valence-electron chi connectivity index (χ1n) is 9.36. The molecular weight excluding hydrogens is 503 g/mol. The zero-order chi connectivity index (χ0) is 21.1. The molecule has 2 N–H and O–H groups in total. The number of aryl methyl sites for hydroxylation is 1. The van der Waals surface area contributed by atoms with E-state index in [9.17, 15) is 10.1 Å². The molecule has 11 heteroatoms. The van der Waals surface area contributed by atoms with E-state index in [0.717, 1.165) is 23.3 Å². The van der Waals surface area contributed by atoms with Crippen LogP contribution in [-0.2, 0) is 17.8 Å². The molecule has 0 aliphatic heterocycles. The highest BCUT2D eigenvalue weighted by molar-refractivity contribution is 14.0. The molecule has 0 aliphatic rings. The van der Waals surface area contributed by atoms with Crippen LogP contribution in [0.15, 0.2) is 35.6 Å². The maximum Gasteiger partial charge on any atom is 0.306 e. The summed E-state index contributed by atoms with van der Waals surface area (Å²) in [6.45, 7) is 4.83. The van der Waals surface area contributed by atoms with E-state index >= 15 is 0 Å². The molecular formula is C19H29IN6O4. The van der Waals surface area contributed by atoms with Crippen molar-refractivity contribution in [3.8, 4) is 5.75 Å². The van der Waals surface area contributed by atoms with Crippen LogP contribution in [0.5, 0.6) is 5.75 Å². The third-order valence-corrected chi connectivity index (χ3v) is 4.11. The number of ether oxygens (including phenoxy) is 2. The van der Waals surface area contributed by atoms with E-state index in [2.05, 4.69) is 20.7 Å². The van der Waals surface area contributed by atoms with Crippen molar-refractivity contribution in [2.24, 2.45) is 4.99 Å². The number of halogens is 1. The van der Waals surface area contributed by atoms with Crippen LogP contribution in [0.4, 0.5) is 5.69 Å². The van der Waals surface area contributed by atoms with Crippen molar-refractivity contribution in [3.63, 3.8) is 0 Å². The zero-order valence-electron chi connectivity index (χ0n) is 17.5. The predicted molar refractivity (Wildman–Crippen MR) is 126 cm³/mol. The average molecular weight is 532 g/mol. The van der Waals surface area contributed by atoms with Gasteiger partial charge in [-0.25, -0.2) is 0 Å². The third-order valence-electron chi connectivity index (χ3n) is 4.11. The topological polar surface area (TPSA) is 116 Å². The molecule has 0 unspecified atom stereocenters. The van der Waals surface area contributed by atoms with Gasteiger partial charge in [0.2, 0.25) is 0 Å². The van der Waals surface area contributed by atoms with Gasteiger partial charge >= 0.3 is 5.69 Å². The molecule has 166 valence electrons. The van der Waals surface area contributed by atoms with Gasteiger partial charge in [-0.1, -0.05) is 12.1 Å². The molecule has 0 saturated carbocycles. The molecule has 10 nitrogen and oxygen atoms in total. The number of benzene rings is 1. The van der Waals surface area contributed by atoms with Crippen LogP contribution in [0.25, 0.3) is 0 Å². The fraction of sp³-hybridized carbons (Fsp3) is 0.474. The van der Waals surface area contributed by atoms with E-state index in [4.69, 9.17) is 9.47 Å². The molecule has 1 aromatic heterocycles. The summed E-state index contributed by atoms with van der Waals surface area (Å²) < 4.78 is 12.5. The SMILES string of the molecule is CN=C(NCCn1cc([N+](=O)[O-])cn1)NCc1ccc(C)cc1OCCCOC.I. The lowest BCUT2D eigenvalue weighted by atomic mass is 10.1. The number of nitrogens with zero attached hydrogens (tertiary/aromatic N) is 4. The smallest absolute Gasteiger partial charge is 0.306 e. The van der Waals surface area contributed by atoms with Gasteiger partial charge in [-0.3, -0.25) is 19.8 Å². The van der Waals surface area contributed by atoms with Crippen molar-refractivity contribution < 1.29 is 14.4 Å². The molecule has 0 saturated heterocycles. The van der Waals surface area contributed by atoms with Gasteiger partial charge in [0.1, 0.15) is 18.1 Å². The highest BCUT2D eigenvalue weighted by Gasteiger charge is 2.09.